The molecule has 0 fully saturated rings. The fraction of sp³-hybridized carbons (Fsp3) is 0.632. The van der Waals surface area contributed by atoms with E-state index >= 15 is 0 Å². The van der Waals surface area contributed by atoms with Crippen LogP contribution in [0.3, 0.4) is 0 Å². The van der Waals surface area contributed by atoms with E-state index in [9.17, 15) is 0 Å². The third-order valence-corrected chi connectivity index (χ3v) is 4.58. The maximum Gasteiger partial charge on any atom is 0.191 e. The number of hydrogen-bond acceptors (Lipinski definition) is 2. The topological polar surface area (TPSA) is 39.7 Å². The van der Waals surface area contributed by atoms with Crippen LogP contribution in [-0.4, -0.2) is 43.1 Å². The van der Waals surface area contributed by atoms with Crippen molar-refractivity contribution in [2.24, 2.45) is 10.9 Å². The molecule has 0 radical (unpaired) electrons. The lowest BCUT2D eigenvalue weighted by atomic mass is 9.94. The first-order valence-electron chi connectivity index (χ1n) is 8.68. The van der Waals surface area contributed by atoms with Gasteiger partial charge in [0.05, 0.1) is 0 Å². The van der Waals surface area contributed by atoms with Gasteiger partial charge in [0, 0.05) is 38.8 Å². The van der Waals surface area contributed by atoms with Crippen molar-refractivity contribution in [1.82, 2.24) is 15.5 Å². The van der Waals surface area contributed by atoms with Gasteiger partial charge in [-0.05, 0) is 37.3 Å². The maximum absolute atomic E-state index is 4.32. The Labute approximate surface area is 164 Å². The van der Waals surface area contributed by atoms with Gasteiger partial charge in [-0.1, -0.05) is 38.1 Å². The van der Waals surface area contributed by atoms with Gasteiger partial charge in [-0.2, -0.15) is 0 Å². The van der Waals surface area contributed by atoms with Crippen LogP contribution < -0.4 is 10.6 Å². The number of fused-ring (bicyclic) bond motifs is 1. The minimum Gasteiger partial charge on any atom is -0.356 e. The summed E-state index contributed by atoms with van der Waals surface area (Å²) in [5.41, 5.74) is 3.05. The maximum atomic E-state index is 4.32. The van der Waals surface area contributed by atoms with E-state index in [2.05, 4.69) is 72.5 Å². The molecule has 0 saturated heterocycles. The molecule has 1 heterocycles. The molecule has 24 heavy (non-hydrogen) atoms. The lowest BCUT2D eigenvalue weighted by Gasteiger charge is -2.42. The molecule has 2 rings (SSSR count). The molecular weight excluding hydrogens is 411 g/mol. The van der Waals surface area contributed by atoms with E-state index in [0.29, 0.717) is 5.92 Å². The first-order valence-corrected chi connectivity index (χ1v) is 8.68. The van der Waals surface area contributed by atoms with Crippen molar-refractivity contribution in [1.29, 1.82) is 0 Å². The Morgan fingerprint density at radius 3 is 2.50 bits per heavy atom. The number of nitrogens with zero attached hydrogens (tertiary/aromatic N) is 2. The molecule has 4 nitrogen and oxygen atoms in total. The molecule has 5 heteroatoms. The minimum absolute atomic E-state index is 0. The molecular formula is C19H33IN4. The standard InChI is InChI=1S/C19H32N4.HI/c1-15(2)12-21-18(20-5)22-14-19(3,4)23-11-10-16-8-6-7-9-17(16)13-23;/h6-9,15H,10-14H2,1-5H3,(H2,20,21,22);1H. The molecule has 2 N–H and O–H groups in total. The molecule has 136 valence electrons. The highest BCUT2D eigenvalue weighted by atomic mass is 127. The third kappa shape index (κ3) is 5.92. The average Bonchev–Trinajstić information content (AvgIpc) is 2.54. The van der Waals surface area contributed by atoms with Crippen molar-refractivity contribution in [3.8, 4) is 0 Å². The molecule has 0 amide bonds. The molecule has 0 spiro atoms. The summed E-state index contributed by atoms with van der Waals surface area (Å²) >= 11 is 0. The Balaban J connectivity index is 0.00000288. The monoisotopic (exact) mass is 444 g/mol. The fourth-order valence-corrected chi connectivity index (χ4v) is 2.95. The van der Waals surface area contributed by atoms with Crippen LogP contribution in [-0.2, 0) is 13.0 Å². The van der Waals surface area contributed by atoms with Crippen LogP contribution in [0.1, 0.15) is 38.8 Å². The van der Waals surface area contributed by atoms with Crippen LogP contribution in [0, 0.1) is 5.92 Å². The molecule has 0 aromatic heterocycles. The van der Waals surface area contributed by atoms with Gasteiger partial charge in [0.1, 0.15) is 0 Å². The molecule has 0 unspecified atom stereocenters. The van der Waals surface area contributed by atoms with Crippen molar-refractivity contribution < 1.29 is 0 Å². The number of hydrogen-bond donors (Lipinski definition) is 2. The fourth-order valence-electron chi connectivity index (χ4n) is 2.95. The van der Waals surface area contributed by atoms with E-state index in [-0.39, 0.29) is 29.5 Å². The van der Waals surface area contributed by atoms with E-state index in [0.717, 1.165) is 38.6 Å². The molecule has 1 aliphatic heterocycles. The number of nitrogens with one attached hydrogen (secondary N) is 2. The SMILES string of the molecule is CN=C(NCC(C)C)NCC(C)(C)N1CCc2ccccc2C1.I. The summed E-state index contributed by atoms with van der Waals surface area (Å²) in [5.74, 6) is 1.50. The quantitative estimate of drug-likeness (QED) is 0.416. The summed E-state index contributed by atoms with van der Waals surface area (Å²) < 4.78 is 0. The van der Waals surface area contributed by atoms with E-state index < -0.39 is 0 Å². The van der Waals surface area contributed by atoms with Gasteiger partial charge in [-0.15, -0.1) is 24.0 Å². The van der Waals surface area contributed by atoms with E-state index in [1.165, 1.54) is 11.1 Å². The molecule has 0 atom stereocenters. The van der Waals surface area contributed by atoms with Gasteiger partial charge in [-0.25, -0.2) is 0 Å². The van der Waals surface area contributed by atoms with E-state index in [4.69, 9.17) is 0 Å². The largest absolute Gasteiger partial charge is 0.356 e. The molecule has 1 aromatic rings. The Bertz CT molecular complexity index is 540. The van der Waals surface area contributed by atoms with Crippen LogP contribution in [0.5, 0.6) is 0 Å². The van der Waals surface area contributed by atoms with Crippen molar-refractivity contribution >= 4 is 29.9 Å². The molecule has 1 aliphatic rings. The minimum atomic E-state index is 0. The predicted octanol–water partition coefficient (Wildman–Crippen LogP) is 3.26. The van der Waals surface area contributed by atoms with Crippen molar-refractivity contribution in [2.45, 2.75) is 46.2 Å². The summed E-state index contributed by atoms with van der Waals surface area (Å²) in [4.78, 5) is 6.89. The molecule has 0 aliphatic carbocycles. The zero-order valence-corrected chi connectivity index (χ0v) is 18.1. The highest BCUT2D eigenvalue weighted by Gasteiger charge is 2.29. The zero-order valence-electron chi connectivity index (χ0n) is 15.7. The van der Waals surface area contributed by atoms with Crippen molar-refractivity contribution in [2.75, 3.05) is 26.7 Å². The second-order valence-electron chi connectivity index (χ2n) is 7.45. The summed E-state index contributed by atoms with van der Waals surface area (Å²) in [7, 11) is 1.83. The Morgan fingerprint density at radius 1 is 1.21 bits per heavy atom. The van der Waals surface area contributed by atoms with E-state index in [1.54, 1.807) is 0 Å². The Kier molecular flexibility index (Phi) is 8.50. The summed E-state index contributed by atoms with van der Waals surface area (Å²) in [6, 6.07) is 8.81. The number of rotatable bonds is 5. The molecule has 0 saturated carbocycles. The van der Waals surface area contributed by atoms with Crippen LogP contribution >= 0.6 is 24.0 Å². The van der Waals surface area contributed by atoms with Crippen molar-refractivity contribution in [3.05, 3.63) is 35.4 Å². The highest BCUT2D eigenvalue weighted by molar-refractivity contribution is 14.0. The van der Waals surface area contributed by atoms with Crippen molar-refractivity contribution in [3.63, 3.8) is 0 Å². The normalized spacial score (nSPS) is 15.7. The van der Waals surface area contributed by atoms with Crippen LogP contribution in [0.15, 0.2) is 29.3 Å². The smallest absolute Gasteiger partial charge is 0.191 e. The Morgan fingerprint density at radius 2 is 1.88 bits per heavy atom. The van der Waals surface area contributed by atoms with Gasteiger partial charge >= 0.3 is 0 Å². The van der Waals surface area contributed by atoms with Gasteiger partial charge in [0.15, 0.2) is 5.96 Å². The van der Waals surface area contributed by atoms with E-state index in [1.807, 2.05) is 7.05 Å². The van der Waals surface area contributed by atoms with Crippen LogP contribution in [0.2, 0.25) is 0 Å². The number of benzene rings is 1. The second-order valence-corrected chi connectivity index (χ2v) is 7.45. The second kappa shape index (κ2) is 9.61. The third-order valence-electron chi connectivity index (χ3n) is 4.58. The molecule has 1 aromatic carbocycles. The highest BCUT2D eigenvalue weighted by Crippen LogP contribution is 2.24. The van der Waals surface area contributed by atoms with Crippen LogP contribution in [0.4, 0.5) is 0 Å². The lowest BCUT2D eigenvalue weighted by Crippen LogP contribution is -2.54. The predicted molar refractivity (Wildman–Crippen MR) is 114 cm³/mol. The van der Waals surface area contributed by atoms with Gasteiger partial charge in [0.25, 0.3) is 0 Å². The van der Waals surface area contributed by atoms with Gasteiger partial charge in [-0.3, -0.25) is 9.89 Å². The first kappa shape index (κ1) is 21.2. The summed E-state index contributed by atoms with van der Waals surface area (Å²) in [6.07, 6.45) is 1.14. The van der Waals surface area contributed by atoms with Crippen LogP contribution in [0.25, 0.3) is 0 Å². The van der Waals surface area contributed by atoms with Gasteiger partial charge in [0.2, 0.25) is 0 Å². The molecule has 0 bridgehead atoms. The van der Waals surface area contributed by atoms with Gasteiger partial charge < -0.3 is 10.6 Å². The number of guanidine groups is 1. The lowest BCUT2D eigenvalue weighted by molar-refractivity contribution is 0.107. The summed E-state index contributed by atoms with van der Waals surface area (Å²) in [6.45, 7) is 13.0. The Hall–Kier alpha value is -0.820. The average molecular weight is 444 g/mol. The first-order chi connectivity index (χ1) is 10.9. The number of aliphatic imine (C=N–C) groups is 1. The summed E-state index contributed by atoms with van der Waals surface area (Å²) in [5, 5.41) is 6.86. The zero-order chi connectivity index (χ0) is 16.9. The number of halogens is 1.